The summed E-state index contributed by atoms with van der Waals surface area (Å²) in [7, 11) is 3.06. The standard InChI is InChI=1S/C13H18ClNO5S/c1-9-8-11(4-5-12(9)21(14,17)18)20-10(2)13(16)15-6-7-19-3/h4-5,8,10H,6-7H2,1-3H3,(H,15,16). The van der Waals surface area contributed by atoms with Gasteiger partial charge in [0, 0.05) is 24.3 Å². The minimum absolute atomic E-state index is 0.0220. The third-order valence-electron chi connectivity index (χ3n) is 2.70. The third kappa shape index (κ3) is 5.53. The Morgan fingerprint density at radius 2 is 2.10 bits per heavy atom. The van der Waals surface area contributed by atoms with E-state index in [2.05, 4.69) is 5.32 Å². The van der Waals surface area contributed by atoms with Crippen molar-refractivity contribution in [2.24, 2.45) is 0 Å². The smallest absolute Gasteiger partial charge is 0.261 e. The van der Waals surface area contributed by atoms with Gasteiger partial charge in [-0.25, -0.2) is 8.42 Å². The number of benzene rings is 1. The Labute approximate surface area is 128 Å². The molecule has 1 aromatic carbocycles. The Morgan fingerprint density at radius 3 is 2.62 bits per heavy atom. The molecule has 0 saturated heterocycles. The zero-order valence-corrected chi connectivity index (χ0v) is 13.6. The zero-order chi connectivity index (χ0) is 16.0. The molecule has 0 aliphatic rings. The van der Waals surface area contributed by atoms with Crippen LogP contribution in [0, 0.1) is 6.92 Å². The highest BCUT2D eigenvalue weighted by Gasteiger charge is 2.17. The van der Waals surface area contributed by atoms with E-state index in [0.717, 1.165) is 0 Å². The average molecular weight is 336 g/mol. The number of aryl methyl sites for hydroxylation is 1. The van der Waals surface area contributed by atoms with E-state index in [1.54, 1.807) is 21.0 Å². The molecule has 21 heavy (non-hydrogen) atoms. The van der Waals surface area contributed by atoms with E-state index in [0.29, 0.717) is 24.5 Å². The molecule has 1 rings (SSSR count). The fourth-order valence-corrected chi connectivity index (χ4v) is 2.84. The van der Waals surface area contributed by atoms with Crippen LogP contribution < -0.4 is 10.1 Å². The highest BCUT2D eigenvalue weighted by molar-refractivity contribution is 8.13. The second-order valence-electron chi connectivity index (χ2n) is 4.41. The summed E-state index contributed by atoms with van der Waals surface area (Å²) in [5.41, 5.74) is 0.453. The number of rotatable bonds is 7. The number of halogens is 1. The fourth-order valence-electron chi connectivity index (χ4n) is 1.65. The van der Waals surface area contributed by atoms with E-state index in [4.69, 9.17) is 20.2 Å². The van der Waals surface area contributed by atoms with Gasteiger partial charge in [-0.05, 0) is 37.6 Å². The molecule has 1 amide bonds. The van der Waals surface area contributed by atoms with Crippen LogP contribution in [0.3, 0.4) is 0 Å². The molecule has 0 spiro atoms. The van der Waals surface area contributed by atoms with Crippen LogP contribution >= 0.6 is 10.7 Å². The summed E-state index contributed by atoms with van der Waals surface area (Å²) < 4.78 is 32.9. The molecule has 1 atom stereocenters. The Balaban J connectivity index is 2.71. The second-order valence-corrected chi connectivity index (χ2v) is 6.94. The summed E-state index contributed by atoms with van der Waals surface area (Å²) in [6, 6.07) is 4.33. The molecule has 1 unspecified atom stereocenters. The van der Waals surface area contributed by atoms with Gasteiger partial charge >= 0.3 is 0 Å². The molecule has 0 bridgehead atoms. The van der Waals surface area contributed by atoms with Crippen molar-refractivity contribution >= 4 is 25.6 Å². The first kappa shape index (κ1) is 17.7. The van der Waals surface area contributed by atoms with Crippen molar-refractivity contribution in [1.82, 2.24) is 5.32 Å². The molecular weight excluding hydrogens is 318 g/mol. The predicted octanol–water partition coefficient (Wildman–Crippen LogP) is 1.45. The van der Waals surface area contributed by atoms with E-state index in [-0.39, 0.29) is 10.8 Å². The van der Waals surface area contributed by atoms with Gasteiger partial charge in [0.15, 0.2) is 6.10 Å². The summed E-state index contributed by atoms with van der Waals surface area (Å²) >= 11 is 0. The molecule has 118 valence electrons. The molecule has 8 heteroatoms. The molecule has 0 aromatic heterocycles. The summed E-state index contributed by atoms with van der Waals surface area (Å²) in [6.45, 7) is 4.01. The van der Waals surface area contributed by atoms with Crippen LogP contribution in [0.2, 0.25) is 0 Å². The van der Waals surface area contributed by atoms with Crippen LogP contribution in [-0.4, -0.2) is 40.7 Å². The number of methoxy groups -OCH3 is 1. The van der Waals surface area contributed by atoms with Crippen molar-refractivity contribution in [3.63, 3.8) is 0 Å². The minimum atomic E-state index is -3.79. The Kier molecular flexibility index (Phi) is 6.44. The average Bonchev–Trinajstić information content (AvgIpc) is 2.37. The minimum Gasteiger partial charge on any atom is -0.481 e. The fraction of sp³-hybridized carbons (Fsp3) is 0.462. The number of carbonyl (C=O) groups excluding carboxylic acids is 1. The Hall–Kier alpha value is -1.31. The van der Waals surface area contributed by atoms with Crippen LogP contribution in [0.5, 0.6) is 5.75 Å². The highest BCUT2D eigenvalue weighted by atomic mass is 35.7. The summed E-state index contributed by atoms with van der Waals surface area (Å²) in [6.07, 6.45) is -0.709. The SMILES string of the molecule is COCCNC(=O)C(C)Oc1ccc(S(=O)(=O)Cl)c(C)c1. The first-order valence-electron chi connectivity index (χ1n) is 6.24. The van der Waals surface area contributed by atoms with E-state index in [9.17, 15) is 13.2 Å². The van der Waals surface area contributed by atoms with E-state index >= 15 is 0 Å². The van der Waals surface area contributed by atoms with Gasteiger partial charge in [-0.1, -0.05) is 0 Å². The van der Waals surface area contributed by atoms with Crippen molar-refractivity contribution in [3.8, 4) is 5.75 Å². The molecule has 0 aliphatic heterocycles. The largest absolute Gasteiger partial charge is 0.481 e. The van der Waals surface area contributed by atoms with Gasteiger partial charge in [0.1, 0.15) is 5.75 Å². The highest BCUT2D eigenvalue weighted by Crippen LogP contribution is 2.24. The van der Waals surface area contributed by atoms with Crippen LogP contribution in [0.4, 0.5) is 0 Å². The molecule has 1 N–H and O–H groups in total. The quantitative estimate of drug-likeness (QED) is 0.602. The zero-order valence-electron chi connectivity index (χ0n) is 12.1. The number of hydrogen-bond donors (Lipinski definition) is 1. The van der Waals surface area contributed by atoms with Crippen molar-refractivity contribution in [2.75, 3.05) is 20.3 Å². The number of carbonyl (C=O) groups is 1. The van der Waals surface area contributed by atoms with Gasteiger partial charge in [-0.3, -0.25) is 4.79 Å². The molecule has 0 heterocycles. The predicted molar refractivity (Wildman–Crippen MR) is 79.2 cm³/mol. The molecule has 1 aromatic rings. The van der Waals surface area contributed by atoms with Crippen LogP contribution in [0.1, 0.15) is 12.5 Å². The second kappa shape index (κ2) is 7.63. The van der Waals surface area contributed by atoms with Crippen LogP contribution in [0.25, 0.3) is 0 Å². The Morgan fingerprint density at radius 1 is 1.43 bits per heavy atom. The van der Waals surface area contributed by atoms with Gasteiger partial charge in [0.25, 0.3) is 15.0 Å². The van der Waals surface area contributed by atoms with Crippen molar-refractivity contribution in [1.29, 1.82) is 0 Å². The van der Waals surface area contributed by atoms with E-state index in [1.807, 2.05) is 0 Å². The van der Waals surface area contributed by atoms with E-state index in [1.165, 1.54) is 18.2 Å². The number of hydrogen-bond acceptors (Lipinski definition) is 5. The lowest BCUT2D eigenvalue weighted by Crippen LogP contribution is -2.37. The number of amides is 1. The lowest BCUT2D eigenvalue weighted by molar-refractivity contribution is -0.127. The summed E-state index contributed by atoms with van der Waals surface area (Å²) in [4.78, 5) is 11.7. The maximum atomic E-state index is 11.7. The van der Waals surface area contributed by atoms with E-state index < -0.39 is 15.2 Å². The lowest BCUT2D eigenvalue weighted by Gasteiger charge is -2.15. The van der Waals surface area contributed by atoms with Crippen molar-refractivity contribution in [2.45, 2.75) is 24.8 Å². The van der Waals surface area contributed by atoms with Crippen LogP contribution in [0.15, 0.2) is 23.1 Å². The first-order valence-corrected chi connectivity index (χ1v) is 8.55. The lowest BCUT2D eigenvalue weighted by atomic mass is 10.2. The maximum Gasteiger partial charge on any atom is 0.261 e. The Bertz CT molecular complexity index is 603. The molecular formula is C13H18ClNO5S. The van der Waals surface area contributed by atoms with Crippen LogP contribution in [-0.2, 0) is 18.6 Å². The topological polar surface area (TPSA) is 81.7 Å². The molecule has 0 saturated carbocycles. The van der Waals surface area contributed by atoms with Crippen molar-refractivity contribution < 1.29 is 22.7 Å². The van der Waals surface area contributed by atoms with Gasteiger partial charge in [0.2, 0.25) is 0 Å². The molecule has 0 fully saturated rings. The van der Waals surface area contributed by atoms with Gasteiger partial charge in [-0.2, -0.15) is 0 Å². The monoisotopic (exact) mass is 335 g/mol. The summed E-state index contributed by atoms with van der Waals surface area (Å²) in [5.74, 6) is 0.115. The molecule has 0 aliphatic carbocycles. The van der Waals surface area contributed by atoms with Gasteiger partial charge in [0.05, 0.1) is 11.5 Å². The van der Waals surface area contributed by atoms with Crippen molar-refractivity contribution in [3.05, 3.63) is 23.8 Å². The maximum absolute atomic E-state index is 11.7. The summed E-state index contributed by atoms with van der Waals surface area (Å²) in [5, 5.41) is 2.65. The number of nitrogens with one attached hydrogen (secondary N) is 1. The van der Waals surface area contributed by atoms with Gasteiger partial charge < -0.3 is 14.8 Å². The van der Waals surface area contributed by atoms with Gasteiger partial charge in [-0.15, -0.1) is 0 Å². The third-order valence-corrected chi connectivity index (χ3v) is 4.18. The number of ether oxygens (including phenoxy) is 2. The first-order chi connectivity index (χ1) is 9.75. The molecule has 6 nitrogen and oxygen atoms in total. The molecule has 0 radical (unpaired) electrons. The normalized spacial score (nSPS) is 12.8.